The summed E-state index contributed by atoms with van der Waals surface area (Å²) in [5, 5.41) is 7.87. The molecule has 1 N–H and O–H groups in total. The molecule has 0 aliphatic carbocycles. The van der Waals surface area contributed by atoms with E-state index in [4.69, 9.17) is 9.81 Å². The van der Waals surface area contributed by atoms with Gasteiger partial charge in [0, 0.05) is 6.20 Å². The number of nitrogens with zero attached hydrogens (tertiary/aromatic N) is 2. The maximum Gasteiger partial charge on any atom is 0.312 e. The number of hydrogen-bond acceptors (Lipinski definition) is 4. The summed E-state index contributed by atoms with van der Waals surface area (Å²) in [6.07, 6.45) is 1.07. The zero-order valence-electron chi connectivity index (χ0n) is 6.21. The third-order valence-corrected chi connectivity index (χ3v) is 1.90. The summed E-state index contributed by atoms with van der Waals surface area (Å²) >= 11 is 0. The lowest BCUT2D eigenvalue weighted by Crippen LogP contribution is -2.00. The first-order chi connectivity index (χ1) is 5.54. The molecule has 0 spiro atoms. The largest absolute Gasteiger partial charge is 0.312 e. The van der Waals surface area contributed by atoms with E-state index in [9.17, 15) is 8.42 Å². The number of nitriles is 1. The number of pyridine rings is 1. The zero-order chi connectivity index (χ0) is 9.19. The van der Waals surface area contributed by atoms with Gasteiger partial charge < -0.3 is 0 Å². The van der Waals surface area contributed by atoms with Crippen molar-refractivity contribution in [2.75, 3.05) is 0 Å². The second kappa shape index (κ2) is 4.18. The summed E-state index contributed by atoms with van der Waals surface area (Å²) in [4.78, 5) is 3.36. The maximum atomic E-state index is 10.4. The molecule has 0 amide bonds. The Bertz CT molecular complexity index is 420. The van der Waals surface area contributed by atoms with Gasteiger partial charge in [-0.1, -0.05) is 0 Å². The Hall–Kier alpha value is -1.16. The second-order valence-electron chi connectivity index (χ2n) is 1.97. The summed E-state index contributed by atoms with van der Waals surface area (Å²) in [7, 11) is -4.25. The highest BCUT2D eigenvalue weighted by Crippen LogP contribution is 2.04. The smallest absolute Gasteiger partial charge is 0.281 e. The highest BCUT2D eigenvalue weighted by Gasteiger charge is 2.09. The van der Waals surface area contributed by atoms with E-state index in [0.717, 1.165) is 12.3 Å². The van der Waals surface area contributed by atoms with Crippen LogP contribution >= 0.6 is 12.4 Å². The van der Waals surface area contributed by atoms with E-state index in [1.807, 2.05) is 0 Å². The Kier molecular flexibility index (Phi) is 3.81. The normalized spacial score (nSPS) is 9.85. The molecule has 7 heteroatoms. The molecule has 5 nitrogen and oxygen atoms in total. The first kappa shape index (κ1) is 11.8. The quantitative estimate of drug-likeness (QED) is 0.701. The fourth-order valence-corrected chi connectivity index (χ4v) is 1.02. The van der Waals surface area contributed by atoms with E-state index in [1.54, 1.807) is 6.07 Å². The Balaban J connectivity index is 0.00000144. The molecule has 1 rings (SSSR count). The van der Waals surface area contributed by atoms with Gasteiger partial charge in [0.05, 0.1) is 5.56 Å². The van der Waals surface area contributed by atoms with Crippen LogP contribution in [-0.2, 0) is 10.1 Å². The summed E-state index contributed by atoms with van der Waals surface area (Å²) in [6, 6.07) is 4.09. The van der Waals surface area contributed by atoms with Crippen LogP contribution in [0.3, 0.4) is 0 Å². The van der Waals surface area contributed by atoms with Gasteiger partial charge in [0.25, 0.3) is 0 Å². The molecule has 0 aliphatic heterocycles. The van der Waals surface area contributed by atoms with E-state index < -0.39 is 15.1 Å². The van der Waals surface area contributed by atoms with Gasteiger partial charge in [0.15, 0.2) is 5.03 Å². The van der Waals surface area contributed by atoms with Crippen molar-refractivity contribution in [3.05, 3.63) is 23.9 Å². The van der Waals surface area contributed by atoms with Gasteiger partial charge in [-0.3, -0.25) is 4.55 Å². The third kappa shape index (κ3) is 2.99. The molecule has 1 heterocycles. The Morgan fingerprint density at radius 2 is 2.08 bits per heavy atom. The van der Waals surface area contributed by atoms with Gasteiger partial charge in [0.1, 0.15) is 6.07 Å². The maximum absolute atomic E-state index is 10.4. The SMILES string of the molecule is Cl.N#Cc1ccc(S(=O)(=O)O)nc1. The molecular weight excluding hydrogens is 216 g/mol. The molecule has 0 aliphatic rings. The molecule has 0 saturated heterocycles. The van der Waals surface area contributed by atoms with Gasteiger partial charge in [-0.15, -0.1) is 12.4 Å². The molecule has 0 unspecified atom stereocenters. The first-order valence-corrected chi connectivity index (χ1v) is 4.31. The van der Waals surface area contributed by atoms with E-state index in [-0.39, 0.29) is 18.0 Å². The van der Waals surface area contributed by atoms with Gasteiger partial charge in [0.2, 0.25) is 0 Å². The van der Waals surface area contributed by atoms with Crippen molar-refractivity contribution in [2.45, 2.75) is 5.03 Å². The van der Waals surface area contributed by atoms with Crippen molar-refractivity contribution in [1.29, 1.82) is 5.26 Å². The third-order valence-electron chi connectivity index (χ3n) is 1.13. The standard InChI is InChI=1S/C6H4N2O3S.ClH/c7-3-5-1-2-6(8-4-5)12(9,10)11;/h1-2,4H,(H,9,10,11);1H. The molecule has 0 fully saturated rings. The van der Waals surface area contributed by atoms with Gasteiger partial charge in [-0.05, 0) is 12.1 Å². The molecule has 1 aromatic heterocycles. The topological polar surface area (TPSA) is 91.0 Å². The summed E-state index contributed by atoms with van der Waals surface area (Å²) in [5.74, 6) is 0. The summed E-state index contributed by atoms with van der Waals surface area (Å²) < 4.78 is 29.4. The van der Waals surface area contributed by atoms with Crippen molar-refractivity contribution in [2.24, 2.45) is 0 Å². The number of aromatic nitrogens is 1. The van der Waals surface area contributed by atoms with E-state index in [2.05, 4.69) is 4.98 Å². The van der Waals surface area contributed by atoms with Crippen LogP contribution in [0.4, 0.5) is 0 Å². The van der Waals surface area contributed by atoms with Gasteiger partial charge in [-0.25, -0.2) is 4.98 Å². The van der Waals surface area contributed by atoms with Crippen LogP contribution in [0.1, 0.15) is 5.56 Å². The molecule has 13 heavy (non-hydrogen) atoms. The fourth-order valence-electron chi connectivity index (χ4n) is 0.599. The van der Waals surface area contributed by atoms with Crippen molar-refractivity contribution in [1.82, 2.24) is 4.98 Å². The predicted molar refractivity (Wildman–Crippen MR) is 46.0 cm³/mol. The van der Waals surface area contributed by atoms with E-state index >= 15 is 0 Å². The van der Waals surface area contributed by atoms with Crippen LogP contribution in [0.15, 0.2) is 23.4 Å². The average Bonchev–Trinajstić information content (AvgIpc) is 2.03. The Morgan fingerprint density at radius 1 is 1.46 bits per heavy atom. The zero-order valence-corrected chi connectivity index (χ0v) is 7.84. The summed E-state index contributed by atoms with van der Waals surface area (Å²) in [5.41, 5.74) is 0.238. The van der Waals surface area contributed by atoms with Crippen molar-refractivity contribution in [3.63, 3.8) is 0 Å². The van der Waals surface area contributed by atoms with Crippen molar-refractivity contribution < 1.29 is 13.0 Å². The molecule has 0 radical (unpaired) electrons. The minimum absolute atomic E-state index is 0. The number of halogens is 1. The molecule has 70 valence electrons. The molecule has 0 aromatic carbocycles. The highest BCUT2D eigenvalue weighted by atomic mass is 35.5. The minimum Gasteiger partial charge on any atom is -0.281 e. The molecule has 0 bridgehead atoms. The first-order valence-electron chi connectivity index (χ1n) is 2.87. The lowest BCUT2D eigenvalue weighted by Gasteiger charge is -1.93. The fraction of sp³-hybridized carbons (Fsp3) is 0. The Labute approximate surface area is 81.2 Å². The van der Waals surface area contributed by atoms with Crippen LogP contribution < -0.4 is 0 Å². The Morgan fingerprint density at radius 3 is 2.38 bits per heavy atom. The second-order valence-corrected chi connectivity index (χ2v) is 3.34. The van der Waals surface area contributed by atoms with E-state index in [1.165, 1.54) is 6.07 Å². The van der Waals surface area contributed by atoms with Crippen LogP contribution in [0.25, 0.3) is 0 Å². The van der Waals surface area contributed by atoms with Crippen LogP contribution in [-0.4, -0.2) is 18.0 Å². The minimum atomic E-state index is -4.25. The van der Waals surface area contributed by atoms with Crippen LogP contribution in [0, 0.1) is 11.3 Å². The van der Waals surface area contributed by atoms with Crippen LogP contribution in [0.2, 0.25) is 0 Å². The van der Waals surface area contributed by atoms with Crippen LogP contribution in [0.5, 0.6) is 0 Å². The summed E-state index contributed by atoms with van der Waals surface area (Å²) in [6.45, 7) is 0. The van der Waals surface area contributed by atoms with E-state index in [0.29, 0.717) is 0 Å². The molecular formula is C6H5ClN2O3S. The molecule has 0 atom stereocenters. The van der Waals surface area contributed by atoms with Crippen molar-refractivity contribution in [3.8, 4) is 6.07 Å². The highest BCUT2D eigenvalue weighted by molar-refractivity contribution is 7.85. The van der Waals surface area contributed by atoms with Crippen molar-refractivity contribution >= 4 is 22.5 Å². The van der Waals surface area contributed by atoms with Gasteiger partial charge in [-0.2, -0.15) is 13.7 Å². The number of rotatable bonds is 1. The lowest BCUT2D eigenvalue weighted by molar-refractivity contribution is 0.479. The molecule has 1 aromatic rings. The lowest BCUT2D eigenvalue weighted by atomic mass is 10.3. The predicted octanol–water partition coefficient (Wildman–Crippen LogP) is 0.622. The molecule has 0 saturated carbocycles. The van der Waals surface area contributed by atoms with Gasteiger partial charge >= 0.3 is 10.1 Å². The average molecular weight is 221 g/mol. The number of hydrogen-bond donors (Lipinski definition) is 1. The monoisotopic (exact) mass is 220 g/mol.